The molecule has 4 N–H and O–H groups in total. The monoisotopic (exact) mass is 235 g/mol. The lowest BCUT2D eigenvalue weighted by atomic mass is 10.5. The van der Waals surface area contributed by atoms with Crippen molar-refractivity contribution in [2.75, 3.05) is 12.3 Å². The minimum absolute atomic E-state index is 0.696. The Morgan fingerprint density at radius 2 is 1.62 bits per heavy atom. The van der Waals surface area contributed by atoms with Crippen LogP contribution in [0.25, 0.3) is 0 Å². The van der Waals surface area contributed by atoms with Gasteiger partial charge in [0, 0.05) is 6.54 Å². The minimum atomic E-state index is -4.62. The Morgan fingerprint density at radius 3 is 1.85 bits per heavy atom. The second-order valence-electron chi connectivity index (χ2n) is 2.25. The third-order valence-electron chi connectivity index (χ3n) is 1.14. The van der Waals surface area contributed by atoms with E-state index in [1.165, 1.54) is 5.48 Å². The van der Waals surface area contributed by atoms with Crippen molar-refractivity contribution in [2.45, 2.75) is 5.25 Å². The molecule has 1 unspecified atom stereocenters. The second-order valence-corrected chi connectivity index (χ2v) is 5.44. The summed E-state index contributed by atoms with van der Waals surface area (Å²) in [5.74, 6) is -1.18. The van der Waals surface area contributed by atoms with Gasteiger partial charge in [-0.2, -0.15) is 16.8 Å². The van der Waals surface area contributed by atoms with E-state index in [4.69, 9.17) is 14.3 Å². The first kappa shape index (κ1) is 12.7. The van der Waals surface area contributed by atoms with E-state index in [9.17, 15) is 16.8 Å². The molecule has 0 spiro atoms. The van der Waals surface area contributed by atoms with E-state index >= 15 is 0 Å². The topological polar surface area (TPSA) is 141 Å². The van der Waals surface area contributed by atoms with E-state index < -0.39 is 37.8 Å². The summed E-state index contributed by atoms with van der Waals surface area (Å²) in [7, 11) is -9.14. The molecule has 0 bridgehead atoms. The first-order chi connectivity index (χ1) is 5.67. The summed E-state index contributed by atoms with van der Waals surface area (Å²) in [5, 5.41) is 6.30. The van der Waals surface area contributed by atoms with Crippen molar-refractivity contribution >= 4 is 20.2 Å². The highest BCUT2D eigenvalue weighted by atomic mass is 32.2. The van der Waals surface area contributed by atoms with Crippen molar-refractivity contribution in [3.8, 4) is 0 Å². The highest BCUT2D eigenvalue weighted by Crippen LogP contribution is 2.01. The molecular weight excluding hydrogens is 226 g/mol. The van der Waals surface area contributed by atoms with E-state index in [0.717, 1.165) is 0 Å². The predicted molar refractivity (Wildman–Crippen MR) is 41.5 cm³/mol. The van der Waals surface area contributed by atoms with Crippen LogP contribution in [0.1, 0.15) is 0 Å². The van der Waals surface area contributed by atoms with Crippen LogP contribution in [0.2, 0.25) is 0 Å². The van der Waals surface area contributed by atoms with Crippen LogP contribution in [0.15, 0.2) is 0 Å². The third kappa shape index (κ3) is 5.90. The van der Waals surface area contributed by atoms with Crippen molar-refractivity contribution in [2.24, 2.45) is 0 Å². The van der Waals surface area contributed by atoms with Crippen molar-refractivity contribution in [1.29, 1.82) is 0 Å². The quantitative estimate of drug-likeness (QED) is 0.320. The Labute approximate surface area is 75.0 Å². The van der Waals surface area contributed by atoms with Gasteiger partial charge in [0.15, 0.2) is 0 Å². The smallest absolute Gasteiger partial charge is 0.270 e. The molecule has 0 saturated heterocycles. The molecule has 8 nitrogen and oxygen atoms in total. The first-order valence-electron chi connectivity index (χ1n) is 2.95. The largest absolute Gasteiger partial charge is 0.317 e. The van der Waals surface area contributed by atoms with Gasteiger partial charge in [0.1, 0.15) is 5.25 Å². The standard InChI is InChI=1S/C3H9NO7S2/c5-4-1-3(13(9,10)11)2-12(6,7)8/h3-5H,1-2H2,(H,6,7,8)(H,9,10,11). The molecule has 0 rings (SSSR count). The van der Waals surface area contributed by atoms with Gasteiger partial charge in [-0.1, -0.05) is 0 Å². The summed E-state index contributed by atoms with van der Waals surface area (Å²) in [5.41, 5.74) is 1.38. The zero-order valence-electron chi connectivity index (χ0n) is 6.28. The van der Waals surface area contributed by atoms with Gasteiger partial charge in [0.2, 0.25) is 0 Å². The van der Waals surface area contributed by atoms with Crippen LogP contribution in [-0.4, -0.2) is 48.7 Å². The van der Waals surface area contributed by atoms with Gasteiger partial charge in [-0.25, -0.2) is 5.48 Å². The molecule has 0 heterocycles. The summed E-state index contributed by atoms with van der Waals surface area (Å²) < 4.78 is 58.0. The lowest BCUT2D eigenvalue weighted by Crippen LogP contribution is -2.37. The molecule has 0 aliphatic rings. The number of nitrogens with one attached hydrogen (secondary N) is 1. The van der Waals surface area contributed by atoms with E-state index in [1.54, 1.807) is 0 Å². The minimum Gasteiger partial charge on any atom is -0.317 e. The van der Waals surface area contributed by atoms with E-state index in [0.29, 0.717) is 0 Å². The lowest BCUT2D eigenvalue weighted by molar-refractivity contribution is 0.167. The lowest BCUT2D eigenvalue weighted by Gasteiger charge is -2.09. The zero-order valence-corrected chi connectivity index (χ0v) is 7.92. The molecule has 0 aromatic carbocycles. The van der Waals surface area contributed by atoms with Crippen LogP contribution in [0, 0.1) is 0 Å². The van der Waals surface area contributed by atoms with Gasteiger partial charge in [-0.05, 0) is 0 Å². The Kier molecular flexibility index (Phi) is 4.22. The molecule has 0 amide bonds. The normalized spacial score (nSPS) is 15.6. The Hall–Kier alpha value is -0.260. The van der Waals surface area contributed by atoms with Gasteiger partial charge in [-0.3, -0.25) is 9.11 Å². The number of hydrogen-bond acceptors (Lipinski definition) is 6. The zero-order chi connectivity index (χ0) is 10.7. The first-order valence-corrected chi connectivity index (χ1v) is 6.06. The Bertz CT molecular complexity index is 342. The fraction of sp³-hybridized carbons (Fsp3) is 1.00. The van der Waals surface area contributed by atoms with Gasteiger partial charge in [-0.15, -0.1) is 0 Å². The summed E-state index contributed by atoms with van der Waals surface area (Å²) >= 11 is 0. The van der Waals surface area contributed by atoms with Gasteiger partial charge < -0.3 is 5.21 Å². The fourth-order valence-corrected chi connectivity index (χ4v) is 2.66. The molecule has 0 aliphatic heterocycles. The maximum atomic E-state index is 10.4. The molecule has 0 aliphatic carbocycles. The van der Waals surface area contributed by atoms with Crippen LogP contribution in [0.4, 0.5) is 0 Å². The van der Waals surface area contributed by atoms with Gasteiger partial charge in [0.25, 0.3) is 20.2 Å². The second kappa shape index (κ2) is 4.30. The SMILES string of the molecule is O=S(=O)(O)CC(CNO)S(=O)(=O)O. The van der Waals surface area contributed by atoms with Crippen molar-refractivity contribution in [3.05, 3.63) is 0 Å². The summed E-state index contributed by atoms with van der Waals surface area (Å²) in [6.07, 6.45) is 0. The molecule has 0 aromatic heterocycles. The molecule has 0 radical (unpaired) electrons. The third-order valence-corrected chi connectivity index (χ3v) is 3.35. The maximum Gasteiger partial charge on any atom is 0.270 e. The summed E-state index contributed by atoms with van der Waals surface area (Å²) in [6, 6.07) is 0. The molecule has 80 valence electrons. The molecule has 10 heteroatoms. The molecule has 0 saturated carbocycles. The van der Waals surface area contributed by atoms with Gasteiger partial charge in [0.05, 0.1) is 5.75 Å². The maximum absolute atomic E-state index is 10.4. The van der Waals surface area contributed by atoms with E-state index in [1.807, 2.05) is 0 Å². The fourth-order valence-electron chi connectivity index (χ4n) is 0.587. The van der Waals surface area contributed by atoms with Crippen molar-refractivity contribution < 1.29 is 31.1 Å². The van der Waals surface area contributed by atoms with Crippen LogP contribution in [0.3, 0.4) is 0 Å². The van der Waals surface area contributed by atoms with E-state index in [2.05, 4.69) is 0 Å². The molecular formula is C3H9NO7S2. The highest BCUT2D eigenvalue weighted by Gasteiger charge is 2.27. The highest BCUT2D eigenvalue weighted by molar-refractivity contribution is 7.90. The average molecular weight is 235 g/mol. The van der Waals surface area contributed by atoms with Crippen LogP contribution in [-0.2, 0) is 20.2 Å². The average Bonchev–Trinajstić information content (AvgIpc) is 1.81. The van der Waals surface area contributed by atoms with Crippen LogP contribution < -0.4 is 5.48 Å². The van der Waals surface area contributed by atoms with Crippen LogP contribution in [0.5, 0.6) is 0 Å². The predicted octanol–water partition coefficient (Wildman–Crippen LogP) is -1.89. The Morgan fingerprint density at radius 1 is 1.15 bits per heavy atom. The van der Waals surface area contributed by atoms with Crippen molar-refractivity contribution in [1.82, 2.24) is 5.48 Å². The Balaban J connectivity index is 4.66. The molecule has 13 heavy (non-hydrogen) atoms. The molecule has 0 aromatic rings. The summed E-state index contributed by atoms with van der Waals surface area (Å²) in [6.45, 7) is -0.696. The number of hydroxylamine groups is 1. The van der Waals surface area contributed by atoms with Gasteiger partial charge >= 0.3 is 0 Å². The van der Waals surface area contributed by atoms with Crippen LogP contribution >= 0.6 is 0 Å². The molecule has 1 atom stereocenters. The molecule has 0 fully saturated rings. The number of rotatable bonds is 5. The van der Waals surface area contributed by atoms with Crippen molar-refractivity contribution in [3.63, 3.8) is 0 Å². The number of hydrogen-bond donors (Lipinski definition) is 4. The summed E-state index contributed by atoms with van der Waals surface area (Å²) in [4.78, 5) is 0. The van der Waals surface area contributed by atoms with E-state index in [-0.39, 0.29) is 0 Å².